The van der Waals surface area contributed by atoms with E-state index >= 15 is 0 Å². The first kappa shape index (κ1) is 18.0. The summed E-state index contributed by atoms with van der Waals surface area (Å²) in [5, 5.41) is 19.3. The third-order valence-corrected chi connectivity index (χ3v) is 3.73. The van der Waals surface area contributed by atoms with Crippen molar-refractivity contribution in [2.75, 3.05) is 13.7 Å². The summed E-state index contributed by atoms with van der Waals surface area (Å²) in [5.41, 5.74) is 0.894. The SMILES string of the molecule is CCOC(=O)c1cc(C(=O)c2cc(OC)ccc2O)cc(C#N)c1C. The van der Waals surface area contributed by atoms with E-state index in [-0.39, 0.29) is 34.6 Å². The highest BCUT2D eigenvalue weighted by Crippen LogP contribution is 2.27. The van der Waals surface area contributed by atoms with E-state index in [1.54, 1.807) is 13.8 Å². The Balaban J connectivity index is 2.59. The van der Waals surface area contributed by atoms with E-state index in [0.29, 0.717) is 11.3 Å². The van der Waals surface area contributed by atoms with E-state index in [9.17, 15) is 20.0 Å². The van der Waals surface area contributed by atoms with Gasteiger partial charge >= 0.3 is 5.97 Å². The molecule has 1 N–H and O–H groups in total. The second kappa shape index (κ2) is 7.49. The second-order valence-corrected chi connectivity index (χ2v) is 5.24. The summed E-state index contributed by atoms with van der Waals surface area (Å²) in [5.74, 6) is -0.957. The second-order valence-electron chi connectivity index (χ2n) is 5.24. The van der Waals surface area contributed by atoms with Crippen LogP contribution in [0.15, 0.2) is 30.3 Å². The van der Waals surface area contributed by atoms with Gasteiger partial charge in [0.2, 0.25) is 0 Å². The number of methoxy groups -OCH3 is 1. The molecule has 0 aromatic heterocycles. The molecule has 128 valence electrons. The summed E-state index contributed by atoms with van der Waals surface area (Å²) >= 11 is 0. The van der Waals surface area contributed by atoms with Crippen molar-refractivity contribution in [3.8, 4) is 17.6 Å². The highest BCUT2D eigenvalue weighted by molar-refractivity contribution is 6.12. The summed E-state index contributed by atoms with van der Waals surface area (Å²) < 4.78 is 10.0. The molecule has 0 amide bonds. The molecule has 0 aliphatic rings. The Kier molecular flexibility index (Phi) is 5.40. The molecular formula is C19H17NO5. The number of carbonyl (C=O) groups excluding carboxylic acids is 2. The van der Waals surface area contributed by atoms with Gasteiger partial charge in [-0.05, 0) is 49.7 Å². The van der Waals surface area contributed by atoms with Crippen molar-refractivity contribution < 1.29 is 24.2 Å². The number of aromatic hydroxyl groups is 1. The van der Waals surface area contributed by atoms with E-state index < -0.39 is 11.8 Å². The largest absolute Gasteiger partial charge is 0.507 e. The number of benzene rings is 2. The van der Waals surface area contributed by atoms with Crippen LogP contribution < -0.4 is 4.74 Å². The van der Waals surface area contributed by atoms with Gasteiger partial charge in [-0.2, -0.15) is 5.26 Å². The minimum atomic E-state index is -0.610. The molecule has 0 saturated carbocycles. The lowest BCUT2D eigenvalue weighted by Crippen LogP contribution is -2.11. The van der Waals surface area contributed by atoms with Gasteiger partial charge in [0.05, 0.1) is 36.5 Å². The fourth-order valence-corrected chi connectivity index (χ4v) is 2.36. The molecule has 0 saturated heterocycles. The number of hydrogen-bond donors (Lipinski definition) is 1. The van der Waals surface area contributed by atoms with Crippen LogP contribution in [-0.2, 0) is 4.74 Å². The monoisotopic (exact) mass is 339 g/mol. The molecule has 2 aromatic rings. The minimum absolute atomic E-state index is 0.0156. The van der Waals surface area contributed by atoms with Crippen LogP contribution in [0.3, 0.4) is 0 Å². The summed E-state index contributed by atoms with van der Waals surface area (Å²) in [6, 6.07) is 8.99. The number of nitriles is 1. The zero-order valence-corrected chi connectivity index (χ0v) is 14.1. The van der Waals surface area contributed by atoms with Crippen LogP contribution in [0, 0.1) is 18.3 Å². The van der Waals surface area contributed by atoms with Gasteiger partial charge in [0.25, 0.3) is 0 Å². The number of rotatable bonds is 5. The lowest BCUT2D eigenvalue weighted by molar-refractivity contribution is 0.0525. The number of ketones is 1. The number of nitrogens with zero attached hydrogens (tertiary/aromatic N) is 1. The molecule has 0 radical (unpaired) electrons. The average Bonchev–Trinajstić information content (AvgIpc) is 2.62. The molecule has 6 nitrogen and oxygen atoms in total. The van der Waals surface area contributed by atoms with Crippen LogP contribution in [-0.4, -0.2) is 30.6 Å². The quantitative estimate of drug-likeness (QED) is 0.664. The number of esters is 1. The molecule has 2 aromatic carbocycles. The molecular weight excluding hydrogens is 322 g/mol. The van der Waals surface area contributed by atoms with Crippen molar-refractivity contribution in [2.24, 2.45) is 0 Å². The summed E-state index contributed by atoms with van der Waals surface area (Å²) in [7, 11) is 1.44. The zero-order chi connectivity index (χ0) is 18.6. The summed E-state index contributed by atoms with van der Waals surface area (Å²) in [6.45, 7) is 3.46. The molecule has 0 fully saturated rings. The minimum Gasteiger partial charge on any atom is -0.507 e. The van der Waals surface area contributed by atoms with Gasteiger partial charge in [-0.1, -0.05) is 0 Å². The first-order valence-electron chi connectivity index (χ1n) is 7.56. The lowest BCUT2D eigenvalue weighted by Gasteiger charge is -2.11. The first-order valence-corrected chi connectivity index (χ1v) is 7.56. The van der Waals surface area contributed by atoms with Crippen molar-refractivity contribution in [3.05, 3.63) is 58.1 Å². The molecule has 0 bridgehead atoms. The number of hydrogen-bond acceptors (Lipinski definition) is 6. The van der Waals surface area contributed by atoms with Crippen LogP contribution in [0.25, 0.3) is 0 Å². The van der Waals surface area contributed by atoms with Crippen LogP contribution >= 0.6 is 0 Å². The Labute approximate surface area is 145 Å². The van der Waals surface area contributed by atoms with Gasteiger partial charge in [-0.3, -0.25) is 4.79 Å². The van der Waals surface area contributed by atoms with E-state index in [0.717, 1.165) is 0 Å². The summed E-state index contributed by atoms with van der Waals surface area (Å²) in [4.78, 5) is 24.9. The van der Waals surface area contributed by atoms with E-state index in [1.165, 1.54) is 37.4 Å². The van der Waals surface area contributed by atoms with Crippen LogP contribution in [0.5, 0.6) is 11.5 Å². The molecule has 6 heteroatoms. The van der Waals surface area contributed by atoms with Gasteiger partial charge in [0, 0.05) is 5.56 Å². The van der Waals surface area contributed by atoms with E-state index in [1.807, 2.05) is 6.07 Å². The first-order chi connectivity index (χ1) is 11.9. The predicted molar refractivity (Wildman–Crippen MR) is 89.9 cm³/mol. The molecule has 0 atom stereocenters. The number of carbonyl (C=O) groups is 2. The van der Waals surface area contributed by atoms with Crippen molar-refractivity contribution in [1.82, 2.24) is 0 Å². The average molecular weight is 339 g/mol. The van der Waals surface area contributed by atoms with Gasteiger partial charge in [-0.15, -0.1) is 0 Å². The van der Waals surface area contributed by atoms with Crippen molar-refractivity contribution in [2.45, 2.75) is 13.8 Å². The maximum atomic E-state index is 12.8. The lowest BCUT2D eigenvalue weighted by atomic mass is 9.94. The maximum absolute atomic E-state index is 12.8. The van der Waals surface area contributed by atoms with Crippen molar-refractivity contribution in [3.63, 3.8) is 0 Å². The number of phenols is 1. The predicted octanol–water partition coefficient (Wildman–Crippen LogP) is 2.99. The van der Waals surface area contributed by atoms with Crippen LogP contribution in [0.4, 0.5) is 0 Å². The molecule has 0 heterocycles. The fourth-order valence-electron chi connectivity index (χ4n) is 2.36. The summed E-state index contributed by atoms with van der Waals surface area (Å²) in [6.07, 6.45) is 0. The Morgan fingerprint density at radius 1 is 1.20 bits per heavy atom. The zero-order valence-electron chi connectivity index (χ0n) is 14.1. The van der Waals surface area contributed by atoms with Crippen molar-refractivity contribution >= 4 is 11.8 Å². The van der Waals surface area contributed by atoms with Gasteiger partial charge in [-0.25, -0.2) is 4.79 Å². The smallest absolute Gasteiger partial charge is 0.338 e. The third-order valence-electron chi connectivity index (χ3n) is 3.73. The van der Waals surface area contributed by atoms with E-state index in [2.05, 4.69) is 0 Å². The molecule has 2 rings (SSSR count). The highest BCUT2D eigenvalue weighted by atomic mass is 16.5. The highest BCUT2D eigenvalue weighted by Gasteiger charge is 2.21. The van der Waals surface area contributed by atoms with E-state index in [4.69, 9.17) is 9.47 Å². The number of ether oxygens (including phenoxy) is 2. The Hall–Kier alpha value is -3.33. The molecule has 0 aliphatic carbocycles. The Morgan fingerprint density at radius 2 is 1.92 bits per heavy atom. The van der Waals surface area contributed by atoms with Gasteiger partial charge in [0.15, 0.2) is 5.78 Å². The Morgan fingerprint density at radius 3 is 2.52 bits per heavy atom. The topological polar surface area (TPSA) is 96.6 Å². The normalized spacial score (nSPS) is 10.0. The molecule has 0 unspecified atom stereocenters. The molecule has 0 spiro atoms. The van der Waals surface area contributed by atoms with Crippen LogP contribution in [0.1, 0.15) is 44.3 Å². The fraction of sp³-hybridized carbons (Fsp3) is 0.211. The number of phenolic OH excluding ortho intramolecular Hbond substituents is 1. The van der Waals surface area contributed by atoms with Gasteiger partial charge in [0.1, 0.15) is 11.5 Å². The standard InChI is InChI=1S/C19H17NO5/c1-4-25-19(23)15-8-12(7-13(10-20)11(15)2)18(22)16-9-14(24-3)5-6-17(16)21/h5-9,21H,4H2,1-3H3. The van der Waals surface area contributed by atoms with Crippen molar-refractivity contribution in [1.29, 1.82) is 5.26 Å². The van der Waals surface area contributed by atoms with Gasteiger partial charge < -0.3 is 14.6 Å². The third kappa shape index (κ3) is 3.61. The Bertz CT molecular complexity index is 880. The maximum Gasteiger partial charge on any atom is 0.338 e. The molecule has 0 aliphatic heterocycles. The molecule has 25 heavy (non-hydrogen) atoms. The van der Waals surface area contributed by atoms with Crippen LogP contribution in [0.2, 0.25) is 0 Å².